The second kappa shape index (κ2) is 4.60. The van der Waals surface area contributed by atoms with E-state index >= 15 is 0 Å². The third kappa shape index (κ3) is 1.86. The van der Waals surface area contributed by atoms with Gasteiger partial charge in [0.2, 0.25) is 0 Å². The Labute approximate surface area is 112 Å². The standard InChI is InChI=1S/C15H20FN3/c1-2-19-13-9-11(16)5-6-12(13)18-14(19)15(10-17)7-3-4-8-15/h5-6,9H,2-4,7-8,10,17H2,1H3. The number of halogens is 1. The van der Waals surface area contributed by atoms with Crippen molar-refractivity contribution in [1.29, 1.82) is 0 Å². The first-order valence-corrected chi connectivity index (χ1v) is 7.06. The monoisotopic (exact) mass is 261 g/mol. The number of fused-ring (bicyclic) bond motifs is 1. The maximum absolute atomic E-state index is 13.5. The van der Waals surface area contributed by atoms with Gasteiger partial charge in [0.15, 0.2) is 0 Å². The van der Waals surface area contributed by atoms with Gasteiger partial charge >= 0.3 is 0 Å². The Kier molecular flexibility index (Phi) is 3.05. The molecule has 3 rings (SSSR count). The molecule has 0 bridgehead atoms. The van der Waals surface area contributed by atoms with E-state index in [1.807, 2.05) is 0 Å². The van der Waals surface area contributed by atoms with Crippen LogP contribution in [-0.4, -0.2) is 16.1 Å². The van der Waals surface area contributed by atoms with Gasteiger partial charge < -0.3 is 10.3 Å². The number of hydrogen-bond donors (Lipinski definition) is 1. The minimum Gasteiger partial charge on any atom is -0.329 e. The van der Waals surface area contributed by atoms with E-state index in [2.05, 4.69) is 11.5 Å². The van der Waals surface area contributed by atoms with E-state index in [9.17, 15) is 4.39 Å². The molecule has 3 nitrogen and oxygen atoms in total. The van der Waals surface area contributed by atoms with Gasteiger partial charge in [-0.1, -0.05) is 12.8 Å². The average molecular weight is 261 g/mol. The molecule has 102 valence electrons. The summed E-state index contributed by atoms with van der Waals surface area (Å²) in [6.45, 7) is 3.50. The predicted octanol–water partition coefficient (Wildman–Crippen LogP) is 2.97. The van der Waals surface area contributed by atoms with Crippen LogP contribution in [0.2, 0.25) is 0 Å². The molecule has 1 aliphatic carbocycles. The highest BCUT2D eigenvalue weighted by Gasteiger charge is 2.38. The molecule has 0 atom stereocenters. The molecule has 1 aliphatic rings. The second-order valence-electron chi connectivity index (χ2n) is 5.50. The van der Waals surface area contributed by atoms with Crippen LogP contribution < -0.4 is 5.73 Å². The van der Waals surface area contributed by atoms with E-state index in [0.717, 1.165) is 36.2 Å². The third-order valence-corrected chi connectivity index (χ3v) is 4.45. The summed E-state index contributed by atoms with van der Waals surface area (Å²) in [7, 11) is 0. The number of imidazole rings is 1. The second-order valence-corrected chi connectivity index (χ2v) is 5.50. The fraction of sp³-hybridized carbons (Fsp3) is 0.533. The molecule has 4 heteroatoms. The molecular weight excluding hydrogens is 241 g/mol. The Morgan fingerprint density at radius 3 is 2.74 bits per heavy atom. The number of nitrogens with two attached hydrogens (primary N) is 1. The van der Waals surface area contributed by atoms with Crippen LogP contribution >= 0.6 is 0 Å². The van der Waals surface area contributed by atoms with Crippen LogP contribution in [0.4, 0.5) is 4.39 Å². The van der Waals surface area contributed by atoms with Crippen molar-refractivity contribution in [2.24, 2.45) is 5.73 Å². The highest BCUT2D eigenvalue weighted by molar-refractivity contribution is 5.76. The molecule has 0 spiro atoms. The molecule has 1 aromatic heterocycles. The minimum atomic E-state index is -0.207. The Morgan fingerprint density at radius 1 is 1.37 bits per heavy atom. The molecular formula is C15H20FN3. The van der Waals surface area contributed by atoms with E-state index in [0.29, 0.717) is 6.54 Å². The van der Waals surface area contributed by atoms with Crippen molar-refractivity contribution in [2.75, 3.05) is 6.54 Å². The van der Waals surface area contributed by atoms with E-state index in [1.165, 1.54) is 18.9 Å². The molecule has 0 amide bonds. The fourth-order valence-corrected chi connectivity index (χ4v) is 3.39. The van der Waals surface area contributed by atoms with Crippen LogP contribution in [0.3, 0.4) is 0 Å². The molecule has 0 aliphatic heterocycles. The van der Waals surface area contributed by atoms with Gasteiger partial charge in [0.25, 0.3) is 0 Å². The zero-order chi connectivity index (χ0) is 13.5. The molecule has 2 aromatic rings. The van der Waals surface area contributed by atoms with E-state index in [-0.39, 0.29) is 11.2 Å². The largest absolute Gasteiger partial charge is 0.329 e. The van der Waals surface area contributed by atoms with E-state index in [4.69, 9.17) is 10.7 Å². The first kappa shape index (κ1) is 12.6. The lowest BCUT2D eigenvalue weighted by molar-refractivity contribution is 0.407. The number of aryl methyl sites for hydroxylation is 1. The topological polar surface area (TPSA) is 43.8 Å². The van der Waals surface area contributed by atoms with Crippen LogP contribution in [0.5, 0.6) is 0 Å². The first-order chi connectivity index (χ1) is 9.20. The highest BCUT2D eigenvalue weighted by atomic mass is 19.1. The van der Waals surface area contributed by atoms with Gasteiger partial charge in [0.05, 0.1) is 11.0 Å². The zero-order valence-electron chi connectivity index (χ0n) is 11.3. The molecule has 1 heterocycles. The smallest absolute Gasteiger partial charge is 0.125 e. The molecule has 1 saturated carbocycles. The maximum Gasteiger partial charge on any atom is 0.125 e. The summed E-state index contributed by atoms with van der Waals surface area (Å²) >= 11 is 0. The molecule has 1 fully saturated rings. The molecule has 19 heavy (non-hydrogen) atoms. The number of benzene rings is 1. The Morgan fingerprint density at radius 2 is 2.11 bits per heavy atom. The lowest BCUT2D eigenvalue weighted by atomic mass is 9.85. The van der Waals surface area contributed by atoms with Crippen LogP contribution in [0, 0.1) is 5.82 Å². The van der Waals surface area contributed by atoms with E-state index < -0.39 is 0 Å². The lowest BCUT2D eigenvalue weighted by Gasteiger charge is -2.27. The summed E-state index contributed by atoms with van der Waals surface area (Å²) in [5, 5.41) is 0. The van der Waals surface area contributed by atoms with Crippen molar-refractivity contribution >= 4 is 11.0 Å². The highest BCUT2D eigenvalue weighted by Crippen LogP contribution is 2.40. The number of rotatable bonds is 3. The Balaban J connectivity index is 2.23. The maximum atomic E-state index is 13.5. The van der Waals surface area contributed by atoms with Crippen LogP contribution in [0.25, 0.3) is 11.0 Å². The van der Waals surface area contributed by atoms with Gasteiger partial charge in [-0.25, -0.2) is 9.37 Å². The van der Waals surface area contributed by atoms with Crippen LogP contribution in [0.1, 0.15) is 38.4 Å². The number of aromatic nitrogens is 2. The first-order valence-electron chi connectivity index (χ1n) is 7.06. The third-order valence-electron chi connectivity index (χ3n) is 4.45. The van der Waals surface area contributed by atoms with Crippen molar-refractivity contribution < 1.29 is 4.39 Å². The van der Waals surface area contributed by atoms with Crippen molar-refractivity contribution in [3.05, 3.63) is 29.8 Å². The average Bonchev–Trinajstić information content (AvgIpc) is 3.02. The van der Waals surface area contributed by atoms with Crippen molar-refractivity contribution in [1.82, 2.24) is 9.55 Å². The molecule has 2 N–H and O–H groups in total. The van der Waals surface area contributed by atoms with Crippen molar-refractivity contribution in [2.45, 2.75) is 44.6 Å². The summed E-state index contributed by atoms with van der Waals surface area (Å²) in [4.78, 5) is 4.77. The molecule has 0 saturated heterocycles. The fourth-order valence-electron chi connectivity index (χ4n) is 3.39. The van der Waals surface area contributed by atoms with Gasteiger partial charge in [-0.3, -0.25) is 0 Å². The van der Waals surface area contributed by atoms with Crippen molar-refractivity contribution in [3.8, 4) is 0 Å². The molecule has 1 aromatic carbocycles. The summed E-state index contributed by atoms with van der Waals surface area (Å²) < 4.78 is 15.6. The van der Waals surface area contributed by atoms with Crippen molar-refractivity contribution in [3.63, 3.8) is 0 Å². The zero-order valence-corrected chi connectivity index (χ0v) is 11.3. The van der Waals surface area contributed by atoms with Gasteiger partial charge in [0.1, 0.15) is 11.6 Å². The Bertz CT molecular complexity index is 597. The summed E-state index contributed by atoms with van der Waals surface area (Å²) in [5.41, 5.74) is 7.80. The van der Waals surface area contributed by atoms with Gasteiger partial charge in [-0.2, -0.15) is 0 Å². The van der Waals surface area contributed by atoms with E-state index in [1.54, 1.807) is 12.1 Å². The van der Waals surface area contributed by atoms with Gasteiger partial charge in [-0.05, 0) is 38.0 Å². The Hall–Kier alpha value is -1.42. The minimum absolute atomic E-state index is 0.00843. The predicted molar refractivity (Wildman–Crippen MR) is 74.6 cm³/mol. The quantitative estimate of drug-likeness (QED) is 0.923. The van der Waals surface area contributed by atoms with Gasteiger partial charge in [-0.15, -0.1) is 0 Å². The van der Waals surface area contributed by atoms with Crippen LogP contribution in [-0.2, 0) is 12.0 Å². The normalized spacial score (nSPS) is 18.3. The van der Waals surface area contributed by atoms with Gasteiger partial charge in [0, 0.05) is 18.5 Å². The number of hydrogen-bond acceptors (Lipinski definition) is 2. The lowest BCUT2D eigenvalue weighted by Crippen LogP contribution is -2.35. The number of nitrogens with zero attached hydrogens (tertiary/aromatic N) is 2. The molecule has 0 radical (unpaired) electrons. The SMILES string of the molecule is CCn1c(C2(CN)CCCC2)nc2ccc(F)cc21. The summed E-state index contributed by atoms with van der Waals surface area (Å²) in [6, 6.07) is 4.82. The molecule has 0 unspecified atom stereocenters. The summed E-state index contributed by atoms with van der Waals surface area (Å²) in [5.74, 6) is 0.845. The van der Waals surface area contributed by atoms with Crippen LogP contribution in [0.15, 0.2) is 18.2 Å². The summed E-state index contributed by atoms with van der Waals surface area (Å²) in [6.07, 6.45) is 4.60.